The highest BCUT2D eigenvalue weighted by molar-refractivity contribution is 6.19. The summed E-state index contributed by atoms with van der Waals surface area (Å²) in [6, 6.07) is 7.47. The molecule has 15 heavy (non-hydrogen) atoms. The van der Waals surface area contributed by atoms with Crippen molar-refractivity contribution in [2.24, 2.45) is 4.99 Å². The summed E-state index contributed by atoms with van der Waals surface area (Å²) in [7, 11) is 0. The van der Waals surface area contributed by atoms with Crippen LogP contribution in [0.3, 0.4) is 0 Å². The van der Waals surface area contributed by atoms with Crippen molar-refractivity contribution < 1.29 is 9.59 Å². The molecule has 0 aliphatic carbocycles. The van der Waals surface area contributed by atoms with Crippen molar-refractivity contribution in [3.63, 3.8) is 0 Å². The Labute approximate surface area is 87.0 Å². The van der Waals surface area contributed by atoms with Crippen molar-refractivity contribution in [1.29, 1.82) is 0 Å². The van der Waals surface area contributed by atoms with Crippen molar-refractivity contribution >= 4 is 17.6 Å². The van der Waals surface area contributed by atoms with Gasteiger partial charge in [-0.25, -0.2) is 0 Å². The monoisotopic (exact) mass is 202 g/mol. The first-order valence-electron chi connectivity index (χ1n) is 4.64. The minimum Gasteiger partial charge on any atom is -0.310 e. The molecule has 2 rings (SSSR count). The van der Waals surface area contributed by atoms with E-state index in [-0.39, 0.29) is 12.3 Å². The first kappa shape index (κ1) is 9.58. The maximum atomic E-state index is 11.2. The predicted molar refractivity (Wildman–Crippen MR) is 55.5 cm³/mol. The third kappa shape index (κ3) is 1.93. The number of amides is 2. The van der Waals surface area contributed by atoms with Gasteiger partial charge in [0, 0.05) is 5.56 Å². The molecule has 1 aromatic rings. The van der Waals surface area contributed by atoms with Gasteiger partial charge in [-0.1, -0.05) is 24.3 Å². The van der Waals surface area contributed by atoms with Gasteiger partial charge in [0.05, 0.1) is 0 Å². The van der Waals surface area contributed by atoms with Crippen molar-refractivity contribution in [1.82, 2.24) is 5.32 Å². The van der Waals surface area contributed by atoms with E-state index in [4.69, 9.17) is 0 Å². The first-order chi connectivity index (χ1) is 7.16. The molecule has 0 saturated carbocycles. The van der Waals surface area contributed by atoms with E-state index in [0.29, 0.717) is 5.84 Å². The minimum atomic E-state index is -0.392. The highest BCUT2D eigenvalue weighted by atomic mass is 16.2. The number of amidine groups is 1. The lowest BCUT2D eigenvalue weighted by molar-refractivity contribution is -0.127. The lowest BCUT2D eigenvalue weighted by atomic mass is 10.1. The van der Waals surface area contributed by atoms with Crippen LogP contribution in [0.5, 0.6) is 0 Å². The van der Waals surface area contributed by atoms with Crippen LogP contribution in [0.1, 0.15) is 17.5 Å². The molecule has 4 heteroatoms. The molecule has 1 heterocycles. The van der Waals surface area contributed by atoms with E-state index in [1.54, 1.807) is 0 Å². The average Bonchev–Trinajstić information content (AvgIpc) is 2.16. The fourth-order valence-electron chi connectivity index (χ4n) is 1.47. The number of nitrogens with one attached hydrogen (secondary N) is 1. The quantitative estimate of drug-likeness (QED) is 0.684. The molecule has 0 unspecified atom stereocenters. The summed E-state index contributed by atoms with van der Waals surface area (Å²) in [4.78, 5) is 26.1. The van der Waals surface area contributed by atoms with Crippen LogP contribution < -0.4 is 5.32 Å². The van der Waals surface area contributed by atoms with Crippen molar-refractivity contribution in [3.05, 3.63) is 35.4 Å². The Bertz CT molecular complexity index is 463. The number of aliphatic imine (C=N–C) groups is 1. The molecule has 0 radical (unpaired) electrons. The molecule has 0 aromatic heterocycles. The highest BCUT2D eigenvalue weighted by Gasteiger charge is 2.19. The van der Waals surface area contributed by atoms with E-state index in [1.165, 1.54) is 0 Å². The number of hydrogen-bond acceptors (Lipinski definition) is 2. The number of rotatable bonds is 1. The fourth-order valence-corrected chi connectivity index (χ4v) is 1.47. The number of aryl methyl sites for hydroxylation is 1. The second-order valence-corrected chi connectivity index (χ2v) is 3.39. The summed E-state index contributed by atoms with van der Waals surface area (Å²) in [6.45, 7) is 1.91. The Hall–Kier alpha value is -1.97. The van der Waals surface area contributed by atoms with E-state index in [9.17, 15) is 9.59 Å². The summed E-state index contributed by atoms with van der Waals surface area (Å²) in [5, 5.41) is 2.59. The van der Waals surface area contributed by atoms with E-state index in [0.717, 1.165) is 11.1 Å². The number of carbonyl (C=O) groups excluding carboxylic acids is 2. The minimum absolute atomic E-state index is 0.157. The summed E-state index contributed by atoms with van der Waals surface area (Å²) in [5.74, 6) is -0.334. The molecule has 1 aliphatic rings. The lowest BCUT2D eigenvalue weighted by Gasteiger charge is -2.13. The van der Waals surface area contributed by atoms with Gasteiger partial charge < -0.3 is 5.32 Å². The standard InChI is InChI=1S/C11H10N2O2/c1-7-4-2-3-5-8(7)11-12-9(14)6-10(15)13-11/h2-5H,6H2,1H3,(H,12,13,14,15). The number of benzene rings is 1. The first-order valence-corrected chi connectivity index (χ1v) is 4.64. The Kier molecular flexibility index (Phi) is 2.33. The molecule has 0 spiro atoms. The van der Waals surface area contributed by atoms with Gasteiger partial charge in [-0.2, -0.15) is 4.99 Å². The third-order valence-electron chi connectivity index (χ3n) is 2.21. The van der Waals surface area contributed by atoms with E-state index < -0.39 is 5.91 Å². The smallest absolute Gasteiger partial charge is 0.257 e. The zero-order chi connectivity index (χ0) is 10.8. The SMILES string of the molecule is Cc1ccccc1C1=NC(=O)CC(=O)N1. The Morgan fingerprint density at radius 3 is 2.67 bits per heavy atom. The van der Waals surface area contributed by atoms with Gasteiger partial charge in [0.25, 0.3) is 5.91 Å². The molecular formula is C11H10N2O2. The van der Waals surface area contributed by atoms with Gasteiger partial charge in [-0.15, -0.1) is 0 Å². The van der Waals surface area contributed by atoms with Crippen LogP contribution in [0.15, 0.2) is 29.3 Å². The molecule has 4 nitrogen and oxygen atoms in total. The van der Waals surface area contributed by atoms with Gasteiger partial charge >= 0.3 is 0 Å². The van der Waals surface area contributed by atoms with Crippen LogP contribution in [0.25, 0.3) is 0 Å². The zero-order valence-corrected chi connectivity index (χ0v) is 8.28. The van der Waals surface area contributed by atoms with Crippen LogP contribution in [0.2, 0.25) is 0 Å². The van der Waals surface area contributed by atoms with Gasteiger partial charge in [-0.3, -0.25) is 9.59 Å². The number of nitrogens with zero attached hydrogens (tertiary/aromatic N) is 1. The van der Waals surface area contributed by atoms with Crippen LogP contribution in [0.4, 0.5) is 0 Å². The van der Waals surface area contributed by atoms with Gasteiger partial charge in [0.15, 0.2) is 0 Å². The van der Waals surface area contributed by atoms with Gasteiger partial charge in [-0.05, 0) is 12.5 Å². The topological polar surface area (TPSA) is 58.5 Å². The summed E-state index contributed by atoms with van der Waals surface area (Å²) >= 11 is 0. The Balaban J connectivity index is 2.43. The molecule has 1 aliphatic heterocycles. The second-order valence-electron chi connectivity index (χ2n) is 3.39. The fraction of sp³-hybridized carbons (Fsp3) is 0.182. The Morgan fingerprint density at radius 1 is 1.27 bits per heavy atom. The maximum absolute atomic E-state index is 11.2. The van der Waals surface area contributed by atoms with Crippen LogP contribution >= 0.6 is 0 Å². The van der Waals surface area contributed by atoms with E-state index >= 15 is 0 Å². The van der Waals surface area contributed by atoms with Crippen molar-refractivity contribution in [2.75, 3.05) is 0 Å². The van der Waals surface area contributed by atoms with Gasteiger partial charge in [0.1, 0.15) is 12.3 Å². The van der Waals surface area contributed by atoms with Crippen LogP contribution in [0, 0.1) is 6.92 Å². The van der Waals surface area contributed by atoms with Crippen LogP contribution in [-0.4, -0.2) is 17.6 Å². The van der Waals surface area contributed by atoms with Crippen molar-refractivity contribution in [3.8, 4) is 0 Å². The number of carbonyl (C=O) groups is 2. The van der Waals surface area contributed by atoms with E-state index in [2.05, 4.69) is 10.3 Å². The predicted octanol–water partition coefficient (Wildman–Crippen LogP) is 0.788. The molecule has 0 bridgehead atoms. The molecule has 1 N–H and O–H groups in total. The zero-order valence-electron chi connectivity index (χ0n) is 8.28. The molecule has 0 fully saturated rings. The molecule has 2 amide bonds. The lowest BCUT2D eigenvalue weighted by Crippen LogP contribution is -2.37. The van der Waals surface area contributed by atoms with Gasteiger partial charge in [0.2, 0.25) is 5.91 Å². The largest absolute Gasteiger partial charge is 0.310 e. The van der Waals surface area contributed by atoms with Crippen LogP contribution in [-0.2, 0) is 9.59 Å². The van der Waals surface area contributed by atoms with E-state index in [1.807, 2.05) is 31.2 Å². The molecular weight excluding hydrogens is 192 g/mol. The third-order valence-corrected chi connectivity index (χ3v) is 2.21. The molecule has 76 valence electrons. The highest BCUT2D eigenvalue weighted by Crippen LogP contribution is 2.09. The summed E-state index contributed by atoms with van der Waals surface area (Å²) in [6.07, 6.45) is -0.157. The average molecular weight is 202 g/mol. The molecule has 1 aromatic carbocycles. The molecule has 0 atom stereocenters. The second kappa shape index (κ2) is 3.65. The maximum Gasteiger partial charge on any atom is 0.257 e. The number of hydrogen-bond donors (Lipinski definition) is 1. The Morgan fingerprint density at radius 2 is 2.00 bits per heavy atom. The normalized spacial score (nSPS) is 15.9. The summed E-state index contributed by atoms with van der Waals surface area (Å²) < 4.78 is 0. The summed E-state index contributed by atoms with van der Waals surface area (Å²) in [5.41, 5.74) is 1.77. The molecule has 0 saturated heterocycles. The van der Waals surface area contributed by atoms with Crippen molar-refractivity contribution in [2.45, 2.75) is 13.3 Å².